The van der Waals surface area contributed by atoms with Crippen LogP contribution in [0.2, 0.25) is 0 Å². The summed E-state index contributed by atoms with van der Waals surface area (Å²) in [6, 6.07) is 9.85. The number of oxazole rings is 1. The molecule has 1 aromatic heterocycles. The number of hydrogen-bond acceptors (Lipinski definition) is 4. The Morgan fingerprint density at radius 2 is 2.05 bits per heavy atom. The van der Waals surface area contributed by atoms with Crippen LogP contribution in [0.4, 0.5) is 0 Å². The molecule has 0 atom stereocenters. The van der Waals surface area contributed by atoms with E-state index in [-0.39, 0.29) is 5.91 Å². The van der Waals surface area contributed by atoms with Gasteiger partial charge in [0.1, 0.15) is 6.26 Å². The Kier molecular flexibility index (Phi) is 4.75. The van der Waals surface area contributed by atoms with Crippen molar-refractivity contribution in [2.24, 2.45) is 0 Å². The second kappa shape index (κ2) is 6.54. The zero-order valence-electron chi connectivity index (χ0n) is 12.6. The molecule has 0 fully saturated rings. The van der Waals surface area contributed by atoms with Crippen LogP contribution in [-0.2, 0) is 11.3 Å². The number of rotatable bonds is 6. The van der Waals surface area contributed by atoms with E-state index in [1.807, 2.05) is 44.2 Å². The fourth-order valence-corrected chi connectivity index (χ4v) is 2.21. The molecule has 1 aromatic carbocycles. The third kappa shape index (κ3) is 3.70. The van der Waals surface area contributed by atoms with Crippen molar-refractivity contribution in [3.63, 3.8) is 0 Å². The van der Waals surface area contributed by atoms with Gasteiger partial charge in [0, 0.05) is 13.7 Å². The molecule has 21 heavy (non-hydrogen) atoms. The smallest absolute Gasteiger partial charge is 0.276 e. The van der Waals surface area contributed by atoms with Crippen LogP contribution in [0, 0.1) is 0 Å². The predicted octanol–water partition coefficient (Wildman–Crippen LogP) is 2.74. The number of carbonyl (C=O) groups excluding carboxylic acids is 1. The summed E-state index contributed by atoms with van der Waals surface area (Å²) in [5.41, 5.74) is 0.898. The molecule has 0 radical (unpaired) electrons. The van der Waals surface area contributed by atoms with Gasteiger partial charge in [-0.25, -0.2) is 4.98 Å². The number of methoxy groups -OCH3 is 1. The third-order valence-electron chi connectivity index (χ3n) is 3.31. The molecule has 1 amide bonds. The minimum atomic E-state index is -0.458. The monoisotopic (exact) mass is 288 g/mol. The molecule has 0 saturated heterocycles. The first-order valence-electron chi connectivity index (χ1n) is 6.77. The lowest BCUT2D eigenvalue weighted by molar-refractivity contribution is 0.0226. The van der Waals surface area contributed by atoms with Crippen LogP contribution in [0.5, 0.6) is 0 Å². The lowest BCUT2D eigenvalue weighted by atomic mass is 10.0. The van der Waals surface area contributed by atoms with E-state index in [1.54, 1.807) is 12.0 Å². The van der Waals surface area contributed by atoms with Crippen molar-refractivity contribution in [2.45, 2.75) is 25.9 Å². The summed E-state index contributed by atoms with van der Waals surface area (Å²) >= 11 is 0. The van der Waals surface area contributed by atoms with Crippen molar-refractivity contribution < 1.29 is 13.9 Å². The number of ether oxygens (including phenoxy) is 1. The molecule has 0 aliphatic rings. The minimum Gasteiger partial charge on any atom is -0.451 e. The van der Waals surface area contributed by atoms with Gasteiger partial charge in [0.05, 0.1) is 12.1 Å². The number of nitrogens with zero attached hydrogens (tertiary/aromatic N) is 2. The van der Waals surface area contributed by atoms with E-state index < -0.39 is 5.54 Å². The fourth-order valence-electron chi connectivity index (χ4n) is 2.21. The number of hydrogen-bond donors (Lipinski definition) is 0. The van der Waals surface area contributed by atoms with Crippen molar-refractivity contribution in [3.05, 3.63) is 54.2 Å². The van der Waals surface area contributed by atoms with Crippen LogP contribution in [0.25, 0.3) is 0 Å². The average molecular weight is 288 g/mol. The lowest BCUT2D eigenvalue weighted by Gasteiger charge is -2.37. The molecule has 0 N–H and O–H groups in total. The number of carbonyl (C=O) groups is 1. The first-order valence-corrected chi connectivity index (χ1v) is 6.77. The van der Waals surface area contributed by atoms with E-state index >= 15 is 0 Å². The highest BCUT2D eigenvalue weighted by Crippen LogP contribution is 2.21. The van der Waals surface area contributed by atoms with E-state index in [0.717, 1.165) is 5.56 Å². The summed E-state index contributed by atoms with van der Waals surface area (Å²) in [5, 5.41) is 0. The molecule has 0 saturated carbocycles. The number of benzene rings is 1. The Morgan fingerprint density at radius 3 is 2.62 bits per heavy atom. The van der Waals surface area contributed by atoms with Crippen LogP contribution in [0.1, 0.15) is 29.9 Å². The second-order valence-corrected chi connectivity index (χ2v) is 5.50. The molecule has 112 valence electrons. The molecule has 0 spiro atoms. The van der Waals surface area contributed by atoms with Gasteiger partial charge in [-0.15, -0.1) is 0 Å². The summed E-state index contributed by atoms with van der Waals surface area (Å²) in [7, 11) is 1.63. The number of aromatic nitrogens is 1. The maximum atomic E-state index is 12.7. The molecule has 0 bridgehead atoms. The van der Waals surface area contributed by atoms with E-state index in [2.05, 4.69) is 4.98 Å². The van der Waals surface area contributed by atoms with Gasteiger partial charge < -0.3 is 14.1 Å². The first kappa shape index (κ1) is 15.3. The molecule has 2 aromatic rings. The van der Waals surface area contributed by atoms with Crippen LogP contribution in [-0.4, -0.2) is 35.0 Å². The van der Waals surface area contributed by atoms with Gasteiger partial charge in [0.25, 0.3) is 5.91 Å². The first-order chi connectivity index (χ1) is 10.0. The SMILES string of the molecule is COCC(C)(C)N(Cc1ccccc1)C(=O)c1cocn1. The van der Waals surface area contributed by atoms with E-state index in [9.17, 15) is 4.79 Å². The zero-order chi connectivity index (χ0) is 15.3. The van der Waals surface area contributed by atoms with Crippen molar-refractivity contribution in [1.29, 1.82) is 0 Å². The average Bonchev–Trinajstić information content (AvgIpc) is 2.99. The van der Waals surface area contributed by atoms with Crippen LogP contribution in [0.15, 0.2) is 47.4 Å². The Balaban J connectivity index is 2.28. The molecular formula is C16H20N2O3. The molecule has 0 unspecified atom stereocenters. The summed E-state index contributed by atoms with van der Waals surface area (Å²) in [5.74, 6) is -0.172. The molecule has 0 aliphatic heterocycles. The molecule has 2 rings (SSSR count). The highest BCUT2D eigenvalue weighted by Gasteiger charge is 2.32. The van der Waals surface area contributed by atoms with Gasteiger partial charge in [0.15, 0.2) is 12.1 Å². The van der Waals surface area contributed by atoms with Gasteiger partial charge in [-0.1, -0.05) is 30.3 Å². The molecule has 5 heteroatoms. The summed E-state index contributed by atoms with van der Waals surface area (Å²) < 4.78 is 10.2. The van der Waals surface area contributed by atoms with Crippen molar-refractivity contribution >= 4 is 5.91 Å². The molecule has 0 aliphatic carbocycles. The Hall–Kier alpha value is -2.14. The van der Waals surface area contributed by atoms with Crippen molar-refractivity contribution in [2.75, 3.05) is 13.7 Å². The summed E-state index contributed by atoms with van der Waals surface area (Å²) in [6.45, 7) is 4.86. The molecule has 1 heterocycles. The van der Waals surface area contributed by atoms with Crippen molar-refractivity contribution in [3.8, 4) is 0 Å². The van der Waals surface area contributed by atoms with Crippen molar-refractivity contribution in [1.82, 2.24) is 9.88 Å². The second-order valence-electron chi connectivity index (χ2n) is 5.50. The van der Waals surface area contributed by atoms with Crippen LogP contribution < -0.4 is 0 Å². The topological polar surface area (TPSA) is 55.6 Å². The number of amides is 1. The van der Waals surface area contributed by atoms with Gasteiger partial charge in [0.2, 0.25) is 0 Å². The third-order valence-corrected chi connectivity index (χ3v) is 3.31. The quantitative estimate of drug-likeness (QED) is 0.820. The zero-order valence-corrected chi connectivity index (χ0v) is 12.6. The van der Waals surface area contributed by atoms with E-state index in [0.29, 0.717) is 18.8 Å². The fraction of sp³-hybridized carbons (Fsp3) is 0.375. The maximum Gasteiger partial charge on any atom is 0.276 e. The van der Waals surface area contributed by atoms with Gasteiger partial charge in [-0.05, 0) is 19.4 Å². The largest absolute Gasteiger partial charge is 0.451 e. The summed E-state index contributed by atoms with van der Waals surface area (Å²) in [4.78, 5) is 18.4. The maximum absolute atomic E-state index is 12.7. The van der Waals surface area contributed by atoms with E-state index in [1.165, 1.54) is 12.7 Å². The van der Waals surface area contributed by atoms with E-state index in [4.69, 9.17) is 9.15 Å². The predicted molar refractivity (Wildman–Crippen MR) is 78.8 cm³/mol. The highest BCUT2D eigenvalue weighted by molar-refractivity contribution is 5.92. The normalized spacial score (nSPS) is 11.4. The molecule has 5 nitrogen and oxygen atoms in total. The van der Waals surface area contributed by atoms with Crippen LogP contribution in [0.3, 0.4) is 0 Å². The standard InChI is InChI=1S/C16H20N2O3/c1-16(2,11-20-3)18(9-13-7-5-4-6-8-13)15(19)14-10-21-12-17-14/h4-8,10,12H,9,11H2,1-3H3. The van der Waals surface area contributed by atoms with Gasteiger partial charge in [-0.2, -0.15) is 0 Å². The van der Waals surface area contributed by atoms with Gasteiger partial charge >= 0.3 is 0 Å². The Labute approximate surface area is 124 Å². The molecular weight excluding hydrogens is 268 g/mol. The van der Waals surface area contributed by atoms with Gasteiger partial charge in [-0.3, -0.25) is 4.79 Å². The summed E-state index contributed by atoms with van der Waals surface area (Å²) in [6.07, 6.45) is 2.63. The van der Waals surface area contributed by atoms with Crippen LogP contribution >= 0.6 is 0 Å². The lowest BCUT2D eigenvalue weighted by Crippen LogP contribution is -2.50. The highest BCUT2D eigenvalue weighted by atomic mass is 16.5. The minimum absolute atomic E-state index is 0.172. The Bertz CT molecular complexity index is 564. The Morgan fingerprint density at radius 1 is 1.33 bits per heavy atom.